The van der Waals surface area contributed by atoms with Gasteiger partial charge in [0.05, 0.1) is 21.7 Å². The van der Waals surface area contributed by atoms with Gasteiger partial charge in [-0.1, -0.05) is 11.8 Å². The van der Waals surface area contributed by atoms with Crippen molar-refractivity contribution < 1.29 is 14.3 Å². The van der Waals surface area contributed by atoms with E-state index in [-0.39, 0.29) is 17.6 Å². The molecule has 0 spiro atoms. The molecule has 1 aromatic carbocycles. The van der Waals surface area contributed by atoms with Gasteiger partial charge in [0, 0.05) is 38.3 Å². The molecule has 0 aromatic heterocycles. The smallest absolute Gasteiger partial charge is 0.334 e. The highest BCUT2D eigenvalue weighted by atomic mass is 32.2. The zero-order valence-electron chi connectivity index (χ0n) is 12.8. The van der Waals surface area contributed by atoms with Crippen LogP contribution in [-0.2, 0) is 11.2 Å². The quantitative estimate of drug-likeness (QED) is 0.862. The van der Waals surface area contributed by atoms with Crippen molar-refractivity contribution in [3.63, 3.8) is 0 Å². The van der Waals surface area contributed by atoms with E-state index in [1.54, 1.807) is 11.8 Å². The molecule has 122 valence electrons. The second kappa shape index (κ2) is 5.42. The van der Waals surface area contributed by atoms with Crippen LogP contribution in [0.4, 0.5) is 15.8 Å². The van der Waals surface area contributed by atoms with Crippen molar-refractivity contribution >= 4 is 29.1 Å². The highest BCUT2D eigenvalue weighted by molar-refractivity contribution is 8.05. The van der Waals surface area contributed by atoms with Crippen LogP contribution in [0, 0.1) is 5.82 Å². The van der Waals surface area contributed by atoms with Gasteiger partial charge in [0.1, 0.15) is 5.82 Å². The molecule has 3 heterocycles. The number of fused-ring (bicyclic) bond motifs is 3. The highest BCUT2D eigenvalue weighted by Crippen LogP contribution is 2.51. The van der Waals surface area contributed by atoms with Crippen LogP contribution in [0.25, 0.3) is 0 Å². The van der Waals surface area contributed by atoms with Crippen LogP contribution in [0.2, 0.25) is 0 Å². The average molecular weight is 335 g/mol. The van der Waals surface area contributed by atoms with Gasteiger partial charge in [-0.3, -0.25) is 0 Å². The maximum atomic E-state index is 14.6. The molecule has 3 aliphatic heterocycles. The molecule has 7 heteroatoms. The molecule has 3 aliphatic rings. The summed E-state index contributed by atoms with van der Waals surface area (Å²) < 4.78 is 14.6. The number of benzene rings is 1. The topological polar surface area (TPSA) is 55.8 Å². The number of carboxylic acid groups (broad SMARTS) is 1. The third kappa shape index (κ3) is 2.30. The predicted octanol–water partition coefficient (Wildman–Crippen LogP) is 1.99. The number of carboxylic acids is 1. The highest BCUT2D eigenvalue weighted by Gasteiger charge is 2.40. The first kappa shape index (κ1) is 14.8. The maximum Gasteiger partial charge on any atom is 0.334 e. The normalized spacial score (nSPS) is 23.3. The van der Waals surface area contributed by atoms with Crippen LogP contribution < -0.4 is 15.1 Å². The van der Waals surface area contributed by atoms with E-state index < -0.39 is 5.97 Å². The summed E-state index contributed by atoms with van der Waals surface area (Å²) in [5.41, 5.74) is 2.70. The SMILES string of the molecule is CC1SC2=C(C(=O)O)Cc3cc(F)c(N4CCNCC4)cc3N21. The molecule has 0 bridgehead atoms. The van der Waals surface area contributed by atoms with Crippen molar-refractivity contribution in [2.45, 2.75) is 18.7 Å². The van der Waals surface area contributed by atoms with Gasteiger partial charge in [0.15, 0.2) is 0 Å². The first-order valence-corrected chi connectivity index (χ1v) is 8.64. The lowest BCUT2D eigenvalue weighted by Crippen LogP contribution is -2.45. The Labute approximate surface area is 138 Å². The molecule has 0 amide bonds. The lowest BCUT2D eigenvalue weighted by Gasteiger charge is -2.47. The van der Waals surface area contributed by atoms with E-state index in [1.165, 1.54) is 6.07 Å². The Morgan fingerprint density at radius 2 is 2.09 bits per heavy atom. The second-order valence-corrected chi connectivity index (χ2v) is 7.33. The first-order valence-electron chi connectivity index (χ1n) is 7.76. The molecular weight excluding hydrogens is 317 g/mol. The standard InChI is InChI=1S/C16H18FN3O2S/c1-9-20-13-8-14(19-4-2-18-3-5-19)12(17)7-10(13)6-11(16(21)22)15(20)23-9/h7-9,18H,2-6H2,1H3,(H,21,22). The van der Waals surface area contributed by atoms with Crippen molar-refractivity contribution in [3.8, 4) is 0 Å². The Hall–Kier alpha value is -1.73. The van der Waals surface area contributed by atoms with E-state index in [1.807, 2.05) is 17.9 Å². The Bertz CT molecular complexity index is 716. The van der Waals surface area contributed by atoms with Crippen molar-refractivity contribution in [2.75, 3.05) is 36.0 Å². The van der Waals surface area contributed by atoms with Crippen LogP contribution >= 0.6 is 11.8 Å². The first-order chi connectivity index (χ1) is 11.1. The molecule has 23 heavy (non-hydrogen) atoms. The van der Waals surface area contributed by atoms with E-state index in [2.05, 4.69) is 10.2 Å². The zero-order valence-corrected chi connectivity index (χ0v) is 13.6. The van der Waals surface area contributed by atoms with Crippen LogP contribution in [0.15, 0.2) is 22.7 Å². The fraction of sp³-hybridized carbons (Fsp3) is 0.438. The molecule has 0 radical (unpaired) electrons. The Morgan fingerprint density at radius 3 is 2.74 bits per heavy atom. The molecular formula is C16H18FN3O2S. The molecule has 2 fully saturated rings. The average Bonchev–Trinajstić information content (AvgIpc) is 2.53. The third-order valence-corrected chi connectivity index (χ3v) is 5.83. The molecule has 2 saturated heterocycles. The number of rotatable bonds is 2. The van der Waals surface area contributed by atoms with E-state index in [4.69, 9.17) is 0 Å². The van der Waals surface area contributed by atoms with Gasteiger partial charge < -0.3 is 20.2 Å². The van der Waals surface area contributed by atoms with Gasteiger partial charge in [0.25, 0.3) is 0 Å². The number of aliphatic carboxylic acids is 1. The number of piperazine rings is 1. The molecule has 5 nitrogen and oxygen atoms in total. The summed E-state index contributed by atoms with van der Waals surface area (Å²) in [7, 11) is 0. The summed E-state index contributed by atoms with van der Waals surface area (Å²) >= 11 is 1.57. The monoisotopic (exact) mass is 335 g/mol. The fourth-order valence-corrected chi connectivity index (χ4v) is 4.61. The minimum Gasteiger partial charge on any atom is -0.478 e. The van der Waals surface area contributed by atoms with Crippen molar-refractivity contribution in [2.24, 2.45) is 0 Å². The Morgan fingerprint density at radius 1 is 1.35 bits per heavy atom. The number of hydrogen-bond acceptors (Lipinski definition) is 5. The van der Waals surface area contributed by atoms with Gasteiger partial charge in [0.2, 0.25) is 0 Å². The lowest BCUT2D eigenvalue weighted by molar-refractivity contribution is -0.132. The third-order valence-electron chi connectivity index (χ3n) is 4.61. The Kier molecular flexibility index (Phi) is 3.50. The number of halogens is 1. The molecule has 0 saturated carbocycles. The van der Waals surface area contributed by atoms with Crippen LogP contribution in [0.3, 0.4) is 0 Å². The van der Waals surface area contributed by atoms with E-state index in [0.717, 1.165) is 42.5 Å². The summed E-state index contributed by atoms with van der Waals surface area (Å²) in [6, 6.07) is 3.41. The number of thioether (sulfide) groups is 1. The van der Waals surface area contributed by atoms with E-state index >= 15 is 0 Å². The fourth-order valence-electron chi connectivity index (χ4n) is 3.45. The molecule has 1 unspecified atom stereocenters. The molecule has 2 N–H and O–H groups in total. The van der Waals surface area contributed by atoms with E-state index in [9.17, 15) is 14.3 Å². The second-order valence-electron chi connectivity index (χ2n) is 6.02. The van der Waals surface area contributed by atoms with Gasteiger partial charge in [-0.25, -0.2) is 9.18 Å². The number of nitrogens with one attached hydrogen (secondary N) is 1. The zero-order chi connectivity index (χ0) is 16.1. The summed E-state index contributed by atoms with van der Waals surface area (Å²) in [4.78, 5) is 15.5. The molecule has 4 rings (SSSR count). The molecule has 1 atom stereocenters. The largest absolute Gasteiger partial charge is 0.478 e. The van der Waals surface area contributed by atoms with Crippen LogP contribution in [0.5, 0.6) is 0 Å². The molecule has 0 aliphatic carbocycles. The summed E-state index contributed by atoms with van der Waals surface area (Å²) in [5, 5.41) is 13.6. The number of nitrogens with zero attached hydrogens (tertiary/aromatic N) is 2. The Balaban J connectivity index is 1.76. The minimum absolute atomic E-state index is 0.180. The predicted molar refractivity (Wildman–Crippen MR) is 89.4 cm³/mol. The molecule has 1 aromatic rings. The summed E-state index contributed by atoms with van der Waals surface area (Å²) in [6.07, 6.45) is 0.287. The van der Waals surface area contributed by atoms with Gasteiger partial charge in [-0.2, -0.15) is 0 Å². The summed E-state index contributed by atoms with van der Waals surface area (Å²) in [6.45, 7) is 5.30. The van der Waals surface area contributed by atoms with Crippen molar-refractivity contribution in [1.29, 1.82) is 0 Å². The van der Waals surface area contributed by atoms with Crippen molar-refractivity contribution in [1.82, 2.24) is 5.32 Å². The number of carbonyl (C=O) groups is 1. The van der Waals surface area contributed by atoms with Crippen LogP contribution in [-0.4, -0.2) is 42.6 Å². The lowest BCUT2D eigenvalue weighted by atomic mass is 9.97. The minimum atomic E-state index is -0.915. The van der Waals surface area contributed by atoms with Crippen molar-refractivity contribution in [3.05, 3.63) is 34.1 Å². The van der Waals surface area contributed by atoms with Gasteiger partial charge in [-0.15, -0.1) is 0 Å². The van der Waals surface area contributed by atoms with Gasteiger partial charge in [-0.05, 0) is 24.6 Å². The van der Waals surface area contributed by atoms with Gasteiger partial charge >= 0.3 is 5.97 Å². The summed E-state index contributed by atoms with van der Waals surface area (Å²) in [5.74, 6) is -1.18. The number of anilines is 2. The number of hydrogen-bond donors (Lipinski definition) is 2. The van der Waals surface area contributed by atoms with E-state index in [0.29, 0.717) is 11.3 Å². The maximum absolute atomic E-state index is 14.6. The van der Waals surface area contributed by atoms with Crippen LogP contribution in [0.1, 0.15) is 12.5 Å².